The first kappa shape index (κ1) is 19.4. The van der Waals surface area contributed by atoms with Crippen molar-refractivity contribution in [2.45, 2.75) is 50.6 Å². The first-order valence-corrected chi connectivity index (χ1v) is 11.2. The molecule has 2 saturated heterocycles. The van der Waals surface area contributed by atoms with Gasteiger partial charge in [-0.25, -0.2) is 0 Å². The summed E-state index contributed by atoms with van der Waals surface area (Å²) in [6.07, 6.45) is 3.88. The topological polar surface area (TPSA) is 69.8 Å². The maximum Gasteiger partial charge on any atom is 0.164 e. The third-order valence-corrected chi connectivity index (χ3v) is 7.11. The molecule has 1 saturated carbocycles. The Morgan fingerprint density at radius 1 is 1.03 bits per heavy atom. The zero-order valence-electron chi connectivity index (χ0n) is 17.8. The SMILES string of the molecule is CNC1CC(C)NC(Nc2cc3c(c(C4C[C@@H]5CN(C)C[C@@H]5C4)c2)OCCO3)N1. The third kappa shape index (κ3) is 3.93. The largest absolute Gasteiger partial charge is 0.486 e. The maximum absolute atomic E-state index is 6.10. The smallest absolute Gasteiger partial charge is 0.164 e. The molecule has 6 atom stereocenters. The first-order valence-electron chi connectivity index (χ1n) is 11.2. The molecular formula is C22H35N5O2. The number of fused-ring (bicyclic) bond motifs is 2. The zero-order valence-corrected chi connectivity index (χ0v) is 17.8. The normalized spacial score (nSPS) is 36.8. The van der Waals surface area contributed by atoms with Crippen molar-refractivity contribution >= 4 is 5.69 Å². The van der Waals surface area contributed by atoms with Gasteiger partial charge in [-0.3, -0.25) is 10.6 Å². The summed E-state index contributed by atoms with van der Waals surface area (Å²) in [5, 5.41) is 14.2. The van der Waals surface area contributed by atoms with E-state index >= 15 is 0 Å². The van der Waals surface area contributed by atoms with E-state index in [9.17, 15) is 0 Å². The van der Waals surface area contributed by atoms with Gasteiger partial charge in [-0.2, -0.15) is 0 Å². The minimum atomic E-state index is 0.0169. The van der Waals surface area contributed by atoms with Crippen molar-refractivity contribution in [3.8, 4) is 11.5 Å². The van der Waals surface area contributed by atoms with Crippen molar-refractivity contribution in [3.05, 3.63) is 17.7 Å². The first-order chi connectivity index (χ1) is 14.1. The molecular weight excluding hydrogens is 366 g/mol. The van der Waals surface area contributed by atoms with Gasteiger partial charge in [-0.15, -0.1) is 0 Å². The van der Waals surface area contributed by atoms with E-state index in [1.54, 1.807) is 0 Å². The van der Waals surface area contributed by atoms with E-state index in [0.29, 0.717) is 31.3 Å². The Morgan fingerprint density at radius 2 is 1.79 bits per heavy atom. The second-order valence-corrected chi connectivity index (χ2v) is 9.39. The van der Waals surface area contributed by atoms with Crippen molar-refractivity contribution in [1.82, 2.24) is 20.9 Å². The average molecular weight is 402 g/mol. The van der Waals surface area contributed by atoms with Crippen LogP contribution in [0.5, 0.6) is 11.5 Å². The van der Waals surface area contributed by atoms with Crippen molar-refractivity contribution in [2.24, 2.45) is 11.8 Å². The van der Waals surface area contributed by atoms with Gasteiger partial charge in [0.05, 0.1) is 6.17 Å². The molecule has 0 radical (unpaired) electrons. The van der Waals surface area contributed by atoms with E-state index < -0.39 is 0 Å². The number of likely N-dealkylation sites (tertiary alicyclic amines) is 1. The Morgan fingerprint density at radius 3 is 2.55 bits per heavy atom. The molecule has 4 aliphatic rings. The molecule has 0 aromatic heterocycles. The molecule has 0 amide bonds. The summed E-state index contributed by atoms with van der Waals surface area (Å²) in [7, 11) is 4.25. The summed E-state index contributed by atoms with van der Waals surface area (Å²) in [4.78, 5) is 2.48. The maximum atomic E-state index is 6.10. The highest BCUT2D eigenvalue weighted by Crippen LogP contribution is 2.51. The predicted octanol–water partition coefficient (Wildman–Crippen LogP) is 1.73. The Bertz CT molecular complexity index is 730. The van der Waals surface area contributed by atoms with Crippen molar-refractivity contribution < 1.29 is 9.47 Å². The molecule has 0 spiro atoms. The number of rotatable bonds is 4. The number of anilines is 1. The molecule has 160 valence electrons. The van der Waals surface area contributed by atoms with E-state index in [1.807, 2.05) is 7.05 Å². The van der Waals surface area contributed by atoms with Crippen LogP contribution < -0.4 is 30.7 Å². The van der Waals surface area contributed by atoms with Gasteiger partial charge in [0.25, 0.3) is 0 Å². The van der Waals surface area contributed by atoms with Crippen LogP contribution in [0.2, 0.25) is 0 Å². The molecule has 29 heavy (non-hydrogen) atoms. The zero-order chi connectivity index (χ0) is 20.0. The Hall–Kier alpha value is -1.54. The molecule has 3 heterocycles. The van der Waals surface area contributed by atoms with Crippen molar-refractivity contribution in [1.29, 1.82) is 0 Å². The van der Waals surface area contributed by atoms with Gasteiger partial charge in [0, 0.05) is 36.4 Å². The highest BCUT2D eigenvalue weighted by Gasteiger charge is 2.41. The predicted molar refractivity (Wildman–Crippen MR) is 114 cm³/mol. The standard InChI is InChI=1S/C22H35N5O2/c1-13-6-20(23-2)26-22(24-13)25-17-9-18(21-19(10-17)28-4-5-29-21)14-7-15-11-27(3)12-16(15)8-14/h9-10,13-16,20,22-26H,4-8,11-12H2,1-3H3/t13?,14?,15-,16+,20?,22?. The fourth-order valence-corrected chi connectivity index (χ4v) is 5.83. The lowest BCUT2D eigenvalue weighted by Crippen LogP contribution is -2.63. The van der Waals surface area contributed by atoms with Crippen LogP contribution in [0.3, 0.4) is 0 Å². The highest BCUT2D eigenvalue weighted by molar-refractivity contribution is 5.61. The van der Waals surface area contributed by atoms with E-state index in [-0.39, 0.29) is 6.29 Å². The van der Waals surface area contributed by atoms with Gasteiger partial charge in [0.15, 0.2) is 11.5 Å². The summed E-state index contributed by atoms with van der Waals surface area (Å²) in [6, 6.07) is 4.84. The minimum Gasteiger partial charge on any atom is -0.486 e. The second kappa shape index (κ2) is 7.95. The van der Waals surface area contributed by atoms with E-state index in [0.717, 1.165) is 35.4 Å². The molecule has 3 aliphatic heterocycles. The minimum absolute atomic E-state index is 0.0169. The van der Waals surface area contributed by atoms with E-state index in [4.69, 9.17) is 9.47 Å². The summed E-state index contributed by atoms with van der Waals surface area (Å²) in [5.41, 5.74) is 2.42. The highest BCUT2D eigenvalue weighted by atomic mass is 16.6. The lowest BCUT2D eigenvalue weighted by molar-refractivity contribution is 0.169. The van der Waals surface area contributed by atoms with Crippen molar-refractivity contribution in [3.63, 3.8) is 0 Å². The molecule has 5 rings (SSSR count). The van der Waals surface area contributed by atoms with Crippen LogP contribution >= 0.6 is 0 Å². The van der Waals surface area contributed by atoms with E-state index in [2.05, 4.69) is 52.3 Å². The average Bonchev–Trinajstić information content (AvgIpc) is 3.24. The molecule has 1 aromatic carbocycles. The molecule has 7 heteroatoms. The molecule has 0 bridgehead atoms. The van der Waals surface area contributed by atoms with Gasteiger partial charge < -0.3 is 25.0 Å². The number of hydrogen-bond donors (Lipinski definition) is 4. The van der Waals surface area contributed by atoms with Crippen molar-refractivity contribution in [2.75, 3.05) is 45.7 Å². The summed E-state index contributed by atoms with van der Waals surface area (Å²) < 4.78 is 12.1. The lowest BCUT2D eigenvalue weighted by atomic mass is 9.93. The van der Waals surface area contributed by atoms with Crippen LogP contribution in [-0.4, -0.2) is 63.8 Å². The fraction of sp³-hybridized carbons (Fsp3) is 0.727. The monoisotopic (exact) mass is 401 g/mol. The van der Waals surface area contributed by atoms with Crippen LogP contribution in [0.4, 0.5) is 5.69 Å². The number of ether oxygens (including phenoxy) is 2. The van der Waals surface area contributed by atoms with Crippen LogP contribution in [0.25, 0.3) is 0 Å². The van der Waals surface area contributed by atoms with Crippen LogP contribution in [0, 0.1) is 11.8 Å². The number of hydrogen-bond acceptors (Lipinski definition) is 7. The van der Waals surface area contributed by atoms with Gasteiger partial charge in [-0.1, -0.05) is 0 Å². The van der Waals surface area contributed by atoms with Gasteiger partial charge >= 0.3 is 0 Å². The van der Waals surface area contributed by atoms with Gasteiger partial charge in [0.2, 0.25) is 0 Å². The lowest BCUT2D eigenvalue weighted by Gasteiger charge is -2.37. The number of nitrogens with one attached hydrogen (secondary N) is 4. The number of nitrogens with zero attached hydrogens (tertiary/aromatic N) is 1. The van der Waals surface area contributed by atoms with Crippen LogP contribution in [-0.2, 0) is 0 Å². The third-order valence-electron chi connectivity index (χ3n) is 7.11. The Balaban J connectivity index is 1.38. The summed E-state index contributed by atoms with van der Waals surface area (Å²) >= 11 is 0. The molecule has 1 aromatic rings. The molecule has 3 fully saturated rings. The fourth-order valence-electron chi connectivity index (χ4n) is 5.83. The Labute approximate surface area is 173 Å². The number of benzene rings is 1. The summed E-state index contributed by atoms with van der Waals surface area (Å²) in [6.45, 7) is 5.96. The molecule has 4 N–H and O–H groups in total. The molecule has 7 nitrogen and oxygen atoms in total. The second-order valence-electron chi connectivity index (χ2n) is 9.39. The van der Waals surface area contributed by atoms with Gasteiger partial charge in [-0.05, 0) is 64.1 Å². The van der Waals surface area contributed by atoms with E-state index in [1.165, 1.54) is 31.5 Å². The Kier molecular flexibility index (Phi) is 5.32. The summed E-state index contributed by atoms with van der Waals surface area (Å²) in [5.74, 6) is 4.07. The van der Waals surface area contributed by atoms with Crippen LogP contribution in [0.15, 0.2) is 12.1 Å². The van der Waals surface area contributed by atoms with Crippen LogP contribution in [0.1, 0.15) is 37.7 Å². The molecule has 4 unspecified atom stereocenters. The van der Waals surface area contributed by atoms with Gasteiger partial charge in [0.1, 0.15) is 19.5 Å². The molecule has 1 aliphatic carbocycles. The quantitative estimate of drug-likeness (QED) is 0.613.